The average molecular weight is 347 g/mol. The molecule has 1 heterocycles. The third-order valence-electron chi connectivity index (χ3n) is 3.45. The quantitative estimate of drug-likeness (QED) is 0.805. The molecule has 1 amide bonds. The minimum atomic E-state index is -0.0524. The Bertz CT molecular complexity index is 682. The molecule has 0 aliphatic rings. The van der Waals surface area contributed by atoms with Gasteiger partial charge in [-0.1, -0.05) is 25.4 Å². The van der Waals surface area contributed by atoms with Crippen molar-refractivity contribution in [2.24, 2.45) is 0 Å². The zero-order chi connectivity index (χ0) is 17.5. The number of halogens is 1. The standard InChI is InChI=1S/C18H23ClN4O/c1-4-10-23(11-5-2)17(24)16-12-13(3)20-18(22-16)21-15-8-6-14(19)7-9-15/h6-9,12H,4-5,10-11H2,1-3H3,(H,20,21,22). The second kappa shape index (κ2) is 8.64. The lowest BCUT2D eigenvalue weighted by atomic mass is 10.2. The molecule has 1 aromatic carbocycles. The molecule has 128 valence electrons. The summed E-state index contributed by atoms with van der Waals surface area (Å²) >= 11 is 5.89. The Morgan fingerprint density at radius 2 is 1.75 bits per heavy atom. The molecular weight excluding hydrogens is 324 g/mol. The van der Waals surface area contributed by atoms with E-state index in [1.807, 2.05) is 24.0 Å². The summed E-state index contributed by atoms with van der Waals surface area (Å²) in [6.07, 6.45) is 1.84. The van der Waals surface area contributed by atoms with Crippen molar-refractivity contribution < 1.29 is 4.79 Å². The molecule has 0 fully saturated rings. The van der Waals surface area contributed by atoms with Crippen LogP contribution in [0.15, 0.2) is 30.3 Å². The van der Waals surface area contributed by atoms with Gasteiger partial charge < -0.3 is 10.2 Å². The zero-order valence-electron chi connectivity index (χ0n) is 14.3. The molecule has 1 N–H and O–H groups in total. The third kappa shape index (κ3) is 4.93. The predicted molar refractivity (Wildman–Crippen MR) is 98.0 cm³/mol. The summed E-state index contributed by atoms with van der Waals surface area (Å²) in [4.78, 5) is 23.3. The second-order valence-electron chi connectivity index (χ2n) is 5.64. The van der Waals surface area contributed by atoms with Crippen molar-refractivity contribution in [1.29, 1.82) is 0 Å². The number of anilines is 2. The summed E-state index contributed by atoms with van der Waals surface area (Å²) in [5, 5.41) is 3.78. The number of nitrogens with zero attached hydrogens (tertiary/aromatic N) is 3. The number of carbonyl (C=O) groups excluding carboxylic acids is 1. The van der Waals surface area contributed by atoms with Gasteiger partial charge in [-0.05, 0) is 50.1 Å². The molecule has 0 atom stereocenters. The third-order valence-corrected chi connectivity index (χ3v) is 3.70. The topological polar surface area (TPSA) is 58.1 Å². The zero-order valence-corrected chi connectivity index (χ0v) is 15.1. The van der Waals surface area contributed by atoms with Crippen LogP contribution in [0.1, 0.15) is 42.9 Å². The monoisotopic (exact) mass is 346 g/mol. The molecule has 6 heteroatoms. The molecule has 0 radical (unpaired) electrons. The highest BCUT2D eigenvalue weighted by molar-refractivity contribution is 6.30. The average Bonchev–Trinajstić information content (AvgIpc) is 2.55. The van der Waals surface area contributed by atoms with E-state index in [0.29, 0.717) is 16.7 Å². The number of carbonyl (C=O) groups is 1. The van der Waals surface area contributed by atoms with Crippen LogP contribution in [0.3, 0.4) is 0 Å². The van der Waals surface area contributed by atoms with E-state index in [9.17, 15) is 4.79 Å². The maximum Gasteiger partial charge on any atom is 0.272 e. The van der Waals surface area contributed by atoms with Gasteiger partial charge in [0, 0.05) is 29.5 Å². The van der Waals surface area contributed by atoms with Crippen LogP contribution in [0.4, 0.5) is 11.6 Å². The molecule has 0 spiro atoms. The molecule has 5 nitrogen and oxygen atoms in total. The smallest absolute Gasteiger partial charge is 0.272 e. The highest BCUT2D eigenvalue weighted by Crippen LogP contribution is 2.17. The Balaban J connectivity index is 2.23. The number of amides is 1. The Morgan fingerprint density at radius 3 is 2.33 bits per heavy atom. The lowest BCUT2D eigenvalue weighted by molar-refractivity contribution is 0.0749. The minimum Gasteiger partial charge on any atom is -0.337 e. The number of hydrogen-bond acceptors (Lipinski definition) is 4. The molecule has 2 rings (SSSR count). The molecule has 0 aliphatic heterocycles. The highest BCUT2D eigenvalue weighted by Gasteiger charge is 2.17. The molecular formula is C18H23ClN4O. The van der Waals surface area contributed by atoms with E-state index in [1.165, 1.54) is 0 Å². The van der Waals surface area contributed by atoms with Gasteiger partial charge in [0.05, 0.1) is 0 Å². The number of nitrogens with one attached hydrogen (secondary N) is 1. The van der Waals surface area contributed by atoms with Gasteiger partial charge in [0.2, 0.25) is 5.95 Å². The number of hydrogen-bond donors (Lipinski definition) is 1. The molecule has 0 aliphatic carbocycles. The molecule has 2 aromatic rings. The number of aryl methyl sites for hydroxylation is 1. The Kier molecular flexibility index (Phi) is 6.55. The van der Waals surface area contributed by atoms with Gasteiger partial charge in [0.1, 0.15) is 5.69 Å². The van der Waals surface area contributed by atoms with Gasteiger partial charge >= 0.3 is 0 Å². The van der Waals surface area contributed by atoms with E-state index in [2.05, 4.69) is 29.1 Å². The first-order valence-corrected chi connectivity index (χ1v) is 8.58. The maximum atomic E-state index is 12.7. The fourth-order valence-corrected chi connectivity index (χ4v) is 2.54. The van der Waals surface area contributed by atoms with Crippen LogP contribution >= 0.6 is 11.6 Å². The van der Waals surface area contributed by atoms with Crippen LogP contribution in [0.25, 0.3) is 0 Å². The SMILES string of the molecule is CCCN(CCC)C(=O)c1cc(C)nc(Nc2ccc(Cl)cc2)n1. The van der Waals surface area contributed by atoms with Crippen molar-refractivity contribution in [2.45, 2.75) is 33.6 Å². The van der Waals surface area contributed by atoms with Crippen LogP contribution in [0.2, 0.25) is 5.02 Å². The summed E-state index contributed by atoms with van der Waals surface area (Å²) in [6, 6.07) is 8.99. The molecule has 24 heavy (non-hydrogen) atoms. The van der Waals surface area contributed by atoms with Crippen LogP contribution in [0.5, 0.6) is 0 Å². The van der Waals surface area contributed by atoms with Crippen LogP contribution in [-0.4, -0.2) is 33.9 Å². The lowest BCUT2D eigenvalue weighted by Gasteiger charge is -2.21. The van der Waals surface area contributed by atoms with Gasteiger partial charge in [-0.3, -0.25) is 4.79 Å². The van der Waals surface area contributed by atoms with Crippen LogP contribution in [0, 0.1) is 6.92 Å². The fourth-order valence-electron chi connectivity index (χ4n) is 2.41. The fraction of sp³-hybridized carbons (Fsp3) is 0.389. The molecule has 0 saturated heterocycles. The van der Waals surface area contributed by atoms with E-state index in [1.54, 1.807) is 18.2 Å². The van der Waals surface area contributed by atoms with Crippen molar-refractivity contribution in [2.75, 3.05) is 18.4 Å². The summed E-state index contributed by atoms with van der Waals surface area (Å²) in [7, 11) is 0. The molecule has 0 bridgehead atoms. The largest absolute Gasteiger partial charge is 0.337 e. The van der Waals surface area contributed by atoms with E-state index in [4.69, 9.17) is 11.6 Å². The van der Waals surface area contributed by atoms with Gasteiger partial charge in [-0.15, -0.1) is 0 Å². The second-order valence-corrected chi connectivity index (χ2v) is 6.08. The van der Waals surface area contributed by atoms with E-state index in [0.717, 1.165) is 37.3 Å². The van der Waals surface area contributed by atoms with E-state index >= 15 is 0 Å². The van der Waals surface area contributed by atoms with E-state index in [-0.39, 0.29) is 5.91 Å². The first-order chi connectivity index (χ1) is 11.5. The van der Waals surface area contributed by atoms with Gasteiger partial charge in [-0.25, -0.2) is 9.97 Å². The first-order valence-electron chi connectivity index (χ1n) is 8.21. The molecule has 1 aromatic heterocycles. The first kappa shape index (κ1) is 18.2. The molecule has 0 saturated carbocycles. The van der Waals surface area contributed by atoms with Crippen LogP contribution in [-0.2, 0) is 0 Å². The van der Waals surface area contributed by atoms with Crippen LogP contribution < -0.4 is 5.32 Å². The number of rotatable bonds is 7. The van der Waals surface area contributed by atoms with Gasteiger partial charge in [0.25, 0.3) is 5.91 Å². The maximum absolute atomic E-state index is 12.7. The summed E-state index contributed by atoms with van der Waals surface area (Å²) in [5.41, 5.74) is 1.99. The lowest BCUT2D eigenvalue weighted by Crippen LogP contribution is -2.33. The number of benzene rings is 1. The summed E-state index contributed by atoms with van der Waals surface area (Å²) in [5.74, 6) is 0.358. The Morgan fingerprint density at radius 1 is 1.12 bits per heavy atom. The minimum absolute atomic E-state index is 0.0524. The van der Waals surface area contributed by atoms with Crippen molar-refractivity contribution in [3.63, 3.8) is 0 Å². The Hall–Kier alpha value is -2.14. The highest BCUT2D eigenvalue weighted by atomic mass is 35.5. The van der Waals surface area contributed by atoms with Crippen molar-refractivity contribution >= 4 is 29.1 Å². The number of aromatic nitrogens is 2. The predicted octanol–water partition coefficient (Wildman–Crippen LogP) is 4.44. The Labute approximate surface area is 148 Å². The van der Waals surface area contributed by atoms with Gasteiger partial charge in [0.15, 0.2) is 0 Å². The van der Waals surface area contributed by atoms with Crippen molar-refractivity contribution in [1.82, 2.24) is 14.9 Å². The van der Waals surface area contributed by atoms with Gasteiger partial charge in [-0.2, -0.15) is 0 Å². The summed E-state index contributed by atoms with van der Waals surface area (Å²) < 4.78 is 0. The summed E-state index contributed by atoms with van der Waals surface area (Å²) in [6.45, 7) is 7.45. The molecule has 0 unspecified atom stereocenters. The van der Waals surface area contributed by atoms with Crippen molar-refractivity contribution in [3.05, 3.63) is 46.7 Å². The normalized spacial score (nSPS) is 10.5. The van der Waals surface area contributed by atoms with E-state index < -0.39 is 0 Å². The van der Waals surface area contributed by atoms with Crippen molar-refractivity contribution in [3.8, 4) is 0 Å².